The third kappa shape index (κ3) is 4.79. The van der Waals surface area contributed by atoms with Crippen molar-refractivity contribution < 1.29 is 4.79 Å². The molecule has 0 N–H and O–H groups in total. The topological polar surface area (TPSA) is 20.3 Å². The Labute approximate surface area is 117 Å². The van der Waals surface area contributed by atoms with Gasteiger partial charge >= 0.3 is 0 Å². The Hall–Kier alpha value is -1.15. The van der Waals surface area contributed by atoms with Gasteiger partial charge in [0.1, 0.15) is 0 Å². The molecule has 0 aliphatic rings. The summed E-state index contributed by atoms with van der Waals surface area (Å²) in [5.41, 5.74) is 3.08. The van der Waals surface area contributed by atoms with Crippen molar-refractivity contribution in [1.29, 1.82) is 0 Å². The van der Waals surface area contributed by atoms with Gasteiger partial charge in [-0.2, -0.15) is 0 Å². The maximum absolute atomic E-state index is 12.4. The van der Waals surface area contributed by atoms with Gasteiger partial charge in [-0.1, -0.05) is 31.5 Å². The summed E-state index contributed by atoms with van der Waals surface area (Å²) in [6, 6.07) is 6.52. The Morgan fingerprint density at radius 1 is 1.21 bits per heavy atom. The summed E-state index contributed by atoms with van der Waals surface area (Å²) in [5, 5.41) is 0. The fraction of sp³-hybridized carbons (Fsp3) is 0.588. The molecule has 1 aromatic carbocycles. The molecule has 0 amide bonds. The zero-order valence-corrected chi connectivity index (χ0v) is 13.2. The number of rotatable bonds is 6. The van der Waals surface area contributed by atoms with Gasteiger partial charge in [0, 0.05) is 11.6 Å². The van der Waals surface area contributed by atoms with Crippen LogP contribution in [-0.4, -0.2) is 30.3 Å². The van der Waals surface area contributed by atoms with E-state index in [4.69, 9.17) is 0 Å². The van der Waals surface area contributed by atoms with Gasteiger partial charge in [0.05, 0.1) is 6.54 Å². The van der Waals surface area contributed by atoms with Gasteiger partial charge < -0.3 is 0 Å². The van der Waals surface area contributed by atoms with Crippen LogP contribution < -0.4 is 0 Å². The van der Waals surface area contributed by atoms with E-state index in [-0.39, 0.29) is 5.78 Å². The minimum Gasteiger partial charge on any atom is -0.296 e. The minimum atomic E-state index is 0.222. The lowest BCUT2D eigenvalue weighted by molar-refractivity contribution is 0.0916. The molecule has 0 radical (unpaired) electrons. The Kier molecular flexibility index (Phi) is 5.74. The molecule has 0 heterocycles. The van der Waals surface area contributed by atoms with Crippen molar-refractivity contribution in [3.63, 3.8) is 0 Å². The number of hydrogen-bond acceptors (Lipinski definition) is 2. The SMILES string of the molecule is Cc1ccc(C)c(C(=O)CN(C)C(C)CC(C)C)c1. The second kappa shape index (κ2) is 6.85. The summed E-state index contributed by atoms with van der Waals surface area (Å²) in [6.45, 7) is 11.2. The Bertz CT molecular complexity index is 437. The first-order valence-electron chi connectivity index (χ1n) is 7.12. The maximum Gasteiger partial charge on any atom is 0.177 e. The van der Waals surface area contributed by atoms with E-state index in [1.54, 1.807) is 0 Å². The molecule has 0 saturated heterocycles. The molecule has 1 atom stereocenters. The van der Waals surface area contributed by atoms with Crippen LogP contribution in [0, 0.1) is 19.8 Å². The smallest absolute Gasteiger partial charge is 0.177 e. The molecular formula is C17H27NO. The highest BCUT2D eigenvalue weighted by molar-refractivity contribution is 5.99. The van der Waals surface area contributed by atoms with E-state index in [9.17, 15) is 4.79 Å². The molecule has 0 aliphatic heterocycles. The quantitative estimate of drug-likeness (QED) is 0.725. The van der Waals surface area contributed by atoms with E-state index in [1.165, 1.54) is 0 Å². The van der Waals surface area contributed by atoms with Crippen LogP contribution in [0.4, 0.5) is 0 Å². The molecule has 106 valence electrons. The van der Waals surface area contributed by atoms with E-state index < -0.39 is 0 Å². The third-order valence-corrected chi connectivity index (χ3v) is 3.65. The van der Waals surface area contributed by atoms with Gasteiger partial charge in [0.25, 0.3) is 0 Å². The zero-order valence-electron chi connectivity index (χ0n) is 13.2. The van der Waals surface area contributed by atoms with Crippen molar-refractivity contribution in [3.05, 3.63) is 34.9 Å². The van der Waals surface area contributed by atoms with Crippen molar-refractivity contribution >= 4 is 5.78 Å². The molecule has 1 aromatic rings. The lowest BCUT2D eigenvalue weighted by Gasteiger charge is -2.25. The highest BCUT2D eigenvalue weighted by Crippen LogP contribution is 2.14. The Balaban J connectivity index is 2.71. The predicted octanol–water partition coefficient (Wildman–Crippen LogP) is 3.85. The molecule has 0 aromatic heterocycles. The molecule has 2 heteroatoms. The fourth-order valence-corrected chi connectivity index (χ4v) is 2.37. The number of aryl methyl sites for hydroxylation is 2. The van der Waals surface area contributed by atoms with Crippen LogP contribution in [0.3, 0.4) is 0 Å². The normalized spacial score (nSPS) is 13.1. The van der Waals surface area contributed by atoms with Crippen molar-refractivity contribution in [1.82, 2.24) is 4.90 Å². The van der Waals surface area contributed by atoms with Crippen molar-refractivity contribution in [2.24, 2.45) is 5.92 Å². The number of ketones is 1. The second-order valence-corrected chi connectivity index (χ2v) is 6.14. The fourth-order valence-electron chi connectivity index (χ4n) is 2.37. The molecule has 2 nitrogen and oxygen atoms in total. The highest BCUT2D eigenvalue weighted by atomic mass is 16.1. The minimum absolute atomic E-state index is 0.222. The molecule has 0 spiro atoms. The van der Waals surface area contributed by atoms with Gasteiger partial charge in [0.15, 0.2) is 5.78 Å². The largest absolute Gasteiger partial charge is 0.296 e. The first kappa shape index (κ1) is 15.9. The summed E-state index contributed by atoms with van der Waals surface area (Å²) >= 11 is 0. The van der Waals surface area contributed by atoms with E-state index in [0.717, 1.165) is 23.1 Å². The van der Waals surface area contributed by atoms with Gasteiger partial charge in [0.2, 0.25) is 0 Å². The summed E-state index contributed by atoms with van der Waals surface area (Å²) < 4.78 is 0. The van der Waals surface area contributed by atoms with Crippen molar-refractivity contribution in [2.75, 3.05) is 13.6 Å². The lowest BCUT2D eigenvalue weighted by atomic mass is 10.0. The van der Waals surface area contributed by atoms with Gasteiger partial charge in [-0.05, 0) is 51.8 Å². The molecule has 0 saturated carbocycles. The third-order valence-electron chi connectivity index (χ3n) is 3.65. The van der Waals surface area contributed by atoms with Crippen LogP contribution in [0.25, 0.3) is 0 Å². The van der Waals surface area contributed by atoms with E-state index in [2.05, 4.69) is 31.7 Å². The number of benzene rings is 1. The molecule has 0 bridgehead atoms. The number of carbonyl (C=O) groups excluding carboxylic acids is 1. The summed E-state index contributed by atoms with van der Waals surface area (Å²) in [7, 11) is 2.04. The van der Waals surface area contributed by atoms with Crippen LogP contribution >= 0.6 is 0 Å². The number of hydrogen-bond donors (Lipinski definition) is 0. The number of likely N-dealkylation sites (N-methyl/N-ethyl adjacent to an activating group) is 1. The Morgan fingerprint density at radius 3 is 2.42 bits per heavy atom. The van der Waals surface area contributed by atoms with Crippen LogP contribution in [0.2, 0.25) is 0 Å². The standard InChI is InChI=1S/C17H27NO/c1-12(2)9-15(5)18(6)11-17(19)16-10-13(3)7-8-14(16)4/h7-8,10,12,15H,9,11H2,1-6H3. The second-order valence-electron chi connectivity index (χ2n) is 6.14. The zero-order chi connectivity index (χ0) is 14.6. The van der Waals surface area contributed by atoms with Crippen molar-refractivity contribution in [3.8, 4) is 0 Å². The van der Waals surface area contributed by atoms with Gasteiger partial charge in [-0.3, -0.25) is 9.69 Å². The molecule has 1 unspecified atom stereocenters. The summed E-state index contributed by atoms with van der Waals surface area (Å²) in [5.74, 6) is 0.882. The molecule has 1 rings (SSSR count). The maximum atomic E-state index is 12.4. The van der Waals surface area contributed by atoms with Crippen molar-refractivity contribution in [2.45, 2.75) is 47.1 Å². The van der Waals surface area contributed by atoms with Crippen LogP contribution in [0.5, 0.6) is 0 Å². The van der Waals surface area contributed by atoms with E-state index in [1.807, 2.05) is 33.0 Å². The molecular weight excluding hydrogens is 234 g/mol. The average Bonchev–Trinajstić information content (AvgIpc) is 2.31. The van der Waals surface area contributed by atoms with Crippen LogP contribution in [-0.2, 0) is 0 Å². The van der Waals surface area contributed by atoms with Gasteiger partial charge in [-0.15, -0.1) is 0 Å². The number of carbonyl (C=O) groups is 1. The summed E-state index contributed by atoms with van der Waals surface area (Å²) in [6.07, 6.45) is 1.12. The lowest BCUT2D eigenvalue weighted by Crippen LogP contribution is -2.35. The number of nitrogens with zero attached hydrogens (tertiary/aromatic N) is 1. The Morgan fingerprint density at radius 2 is 1.84 bits per heavy atom. The molecule has 0 fully saturated rings. The molecule has 0 aliphatic carbocycles. The van der Waals surface area contributed by atoms with Crippen LogP contribution in [0.15, 0.2) is 18.2 Å². The summed E-state index contributed by atoms with van der Waals surface area (Å²) in [4.78, 5) is 14.5. The van der Waals surface area contributed by atoms with Crippen LogP contribution in [0.1, 0.15) is 48.7 Å². The molecule has 19 heavy (non-hydrogen) atoms. The highest BCUT2D eigenvalue weighted by Gasteiger charge is 2.16. The average molecular weight is 261 g/mol. The monoisotopic (exact) mass is 261 g/mol. The van der Waals surface area contributed by atoms with Gasteiger partial charge in [-0.25, -0.2) is 0 Å². The van der Waals surface area contributed by atoms with E-state index >= 15 is 0 Å². The predicted molar refractivity (Wildman–Crippen MR) is 81.8 cm³/mol. The van der Waals surface area contributed by atoms with E-state index in [0.29, 0.717) is 18.5 Å². The first-order valence-corrected chi connectivity index (χ1v) is 7.12. The first-order chi connectivity index (χ1) is 8.81. The number of Topliss-reactive ketones (excluding diaryl/α,β-unsaturated/α-hetero) is 1.